The summed E-state index contributed by atoms with van der Waals surface area (Å²) in [7, 11) is 0. The summed E-state index contributed by atoms with van der Waals surface area (Å²) in [6.07, 6.45) is 2.07. The van der Waals surface area contributed by atoms with Crippen molar-refractivity contribution in [1.29, 1.82) is 0 Å². The molecule has 0 atom stereocenters. The standard InChI is InChI=1S/C15H9BrF2O3/c16-12-4-2-11(18)8-14(12)21-13-5-3-10(17)7-9(13)1-6-15(19)20/h1-8H,(H,19,20)/b6-1+. The van der Waals surface area contributed by atoms with Crippen LogP contribution in [0.4, 0.5) is 8.78 Å². The molecule has 0 radical (unpaired) electrons. The first-order chi connectivity index (χ1) is 9.95. The molecule has 0 spiro atoms. The minimum Gasteiger partial charge on any atom is -0.478 e. The molecule has 0 saturated carbocycles. The lowest BCUT2D eigenvalue weighted by atomic mass is 10.2. The quantitative estimate of drug-likeness (QED) is 0.815. The highest BCUT2D eigenvalue weighted by Crippen LogP contribution is 2.32. The summed E-state index contributed by atoms with van der Waals surface area (Å²) in [4.78, 5) is 10.5. The van der Waals surface area contributed by atoms with Gasteiger partial charge in [0.1, 0.15) is 23.1 Å². The maximum Gasteiger partial charge on any atom is 0.328 e. The average Bonchev–Trinajstić information content (AvgIpc) is 2.43. The molecule has 1 N–H and O–H groups in total. The minimum absolute atomic E-state index is 0.201. The van der Waals surface area contributed by atoms with Crippen LogP contribution in [0.1, 0.15) is 5.56 Å². The van der Waals surface area contributed by atoms with Crippen LogP contribution in [0.15, 0.2) is 46.9 Å². The van der Waals surface area contributed by atoms with E-state index in [1.54, 1.807) is 0 Å². The van der Waals surface area contributed by atoms with Crippen LogP contribution in [0, 0.1) is 11.6 Å². The van der Waals surface area contributed by atoms with Gasteiger partial charge in [-0.2, -0.15) is 0 Å². The van der Waals surface area contributed by atoms with Crippen molar-refractivity contribution >= 4 is 28.0 Å². The highest BCUT2D eigenvalue weighted by molar-refractivity contribution is 9.10. The van der Waals surface area contributed by atoms with Gasteiger partial charge in [0, 0.05) is 17.7 Å². The maximum atomic E-state index is 13.2. The third-order valence-corrected chi connectivity index (χ3v) is 3.15. The summed E-state index contributed by atoms with van der Waals surface area (Å²) >= 11 is 3.21. The number of aliphatic carboxylic acids is 1. The highest BCUT2D eigenvalue weighted by Gasteiger charge is 2.09. The van der Waals surface area contributed by atoms with E-state index in [0.29, 0.717) is 4.47 Å². The molecule has 0 amide bonds. The second kappa shape index (κ2) is 6.49. The molecule has 2 aromatic carbocycles. The van der Waals surface area contributed by atoms with Crippen molar-refractivity contribution < 1.29 is 23.4 Å². The Balaban J connectivity index is 2.39. The number of rotatable bonds is 4. The number of carbonyl (C=O) groups is 1. The number of ether oxygens (including phenoxy) is 1. The smallest absolute Gasteiger partial charge is 0.328 e. The Kier molecular flexibility index (Phi) is 4.70. The molecule has 0 aliphatic rings. The first-order valence-corrected chi connectivity index (χ1v) is 6.58. The lowest BCUT2D eigenvalue weighted by molar-refractivity contribution is -0.131. The van der Waals surface area contributed by atoms with E-state index in [-0.39, 0.29) is 17.1 Å². The van der Waals surface area contributed by atoms with Crippen molar-refractivity contribution in [2.24, 2.45) is 0 Å². The van der Waals surface area contributed by atoms with Gasteiger partial charge in [-0.3, -0.25) is 0 Å². The fourth-order valence-electron chi connectivity index (χ4n) is 1.58. The van der Waals surface area contributed by atoms with Crippen molar-refractivity contribution in [3.8, 4) is 11.5 Å². The highest BCUT2D eigenvalue weighted by atomic mass is 79.9. The normalized spacial score (nSPS) is 10.8. The number of carboxylic acid groups (broad SMARTS) is 1. The molecule has 108 valence electrons. The zero-order valence-corrected chi connectivity index (χ0v) is 12.1. The van der Waals surface area contributed by atoms with Gasteiger partial charge < -0.3 is 9.84 Å². The van der Waals surface area contributed by atoms with Gasteiger partial charge in [0.25, 0.3) is 0 Å². The van der Waals surface area contributed by atoms with Gasteiger partial charge in [-0.05, 0) is 52.3 Å². The number of benzene rings is 2. The van der Waals surface area contributed by atoms with Crippen LogP contribution in [0.5, 0.6) is 11.5 Å². The van der Waals surface area contributed by atoms with Crippen molar-refractivity contribution in [3.63, 3.8) is 0 Å². The fourth-order valence-corrected chi connectivity index (χ4v) is 1.91. The second-order valence-electron chi connectivity index (χ2n) is 4.03. The van der Waals surface area contributed by atoms with E-state index >= 15 is 0 Å². The van der Waals surface area contributed by atoms with Crippen molar-refractivity contribution in [2.45, 2.75) is 0 Å². The van der Waals surface area contributed by atoms with Gasteiger partial charge in [-0.15, -0.1) is 0 Å². The summed E-state index contributed by atoms with van der Waals surface area (Å²) < 4.78 is 32.5. The number of hydrogen-bond acceptors (Lipinski definition) is 2. The topological polar surface area (TPSA) is 46.5 Å². The Morgan fingerprint density at radius 1 is 1.10 bits per heavy atom. The lowest BCUT2D eigenvalue weighted by Gasteiger charge is -2.10. The Morgan fingerprint density at radius 3 is 2.48 bits per heavy atom. The van der Waals surface area contributed by atoms with Gasteiger partial charge in [0.05, 0.1) is 4.47 Å². The number of hydrogen-bond donors (Lipinski definition) is 1. The Labute approximate surface area is 127 Å². The van der Waals surface area contributed by atoms with Crippen molar-refractivity contribution in [3.05, 3.63) is 64.1 Å². The van der Waals surface area contributed by atoms with Gasteiger partial charge in [0.2, 0.25) is 0 Å². The molecular weight excluding hydrogens is 346 g/mol. The van der Waals surface area contributed by atoms with E-state index in [4.69, 9.17) is 9.84 Å². The van der Waals surface area contributed by atoms with Crippen LogP contribution < -0.4 is 4.74 Å². The molecule has 3 nitrogen and oxygen atoms in total. The summed E-state index contributed by atoms with van der Waals surface area (Å²) in [5.41, 5.74) is 0.230. The van der Waals surface area contributed by atoms with Crippen LogP contribution in [-0.2, 0) is 4.79 Å². The Hall–Kier alpha value is -2.21. The molecule has 0 heterocycles. The van der Waals surface area contributed by atoms with Crippen LogP contribution in [-0.4, -0.2) is 11.1 Å². The molecular formula is C15H9BrF2O3. The van der Waals surface area contributed by atoms with E-state index < -0.39 is 17.6 Å². The van der Waals surface area contributed by atoms with Crippen molar-refractivity contribution in [1.82, 2.24) is 0 Å². The molecule has 0 unspecified atom stereocenters. The zero-order valence-electron chi connectivity index (χ0n) is 10.5. The number of carboxylic acids is 1. The monoisotopic (exact) mass is 354 g/mol. The molecule has 0 aliphatic heterocycles. The molecule has 0 fully saturated rings. The first kappa shape index (κ1) is 15.2. The second-order valence-corrected chi connectivity index (χ2v) is 4.88. The van der Waals surface area contributed by atoms with E-state index in [0.717, 1.165) is 18.2 Å². The van der Waals surface area contributed by atoms with E-state index in [9.17, 15) is 13.6 Å². The summed E-state index contributed by atoms with van der Waals surface area (Å²) in [6, 6.07) is 7.53. The molecule has 0 aromatic heterocycles. The molecule has 2 rings (SSSR count). The van der Waals surface area contributed by atoms with Crippen LogP contribution in [0.3, 0.4) is 0 Å². The van der Waals surface area contributed by atoms with Gasteiger partial charge in [-0.25, -0.2) is 13.6 Å². The maximum absolute atomic E-state index is 13.2. The molecule has 2 aromatic rings. The zero-order chi connectivity index (χ0) is 15.4. The van der Waals surface area contributed by atoms with Crippen LogP contribution >= 0.6 is 15.9 Å². The minimum atomic E-state index is -1.17. The number of halogens is 3. The third kappa shape index (κ3) is 4.13. The average molecular weight is 355 g/mol. The summed E-state index contributed by atoms with van der Waals surface area (Å²) in [5.74, 6) is -1.78. The van der Waals surface area contributed by atoms with Gasteiger partial charge in [0.15, 0.2) is 0 Å². The molecule has 0 aliphatic carbocycles. The molecule has 21 heavy (non-hydrogen) atoms. The van der Waals surface area contributed by atoms with E-state index in [2.05, 4.69) is 15.9 Å². The van der Waals surface area contributed by atoms with E-state index in [1.807, 2.05) is 0 Å². The third-order valence-electron chi connectivity index (χ3n) is 2.49. The predicted molar refractivity (Wildman–Crippen MR) is 77.2 cm³/mol. The van der Waals surface area contributed by atoms with Crippen molar-refractivity contribution in [2.75, 3.05) is 0 Å². The first-order valence-electron chi connectivity index (χ1n) is 5.79. The Morgan fingerprint density at radius 2 is 1.76 bits per heavy atom. The largest absolute Gasteiger partial charge is 0.478 e. The van der Waals surface area contributed by atoms with Gasteiger partial charge in [-0.1, -0.05) is 0 Å². The Bertz CT molecular complexity index is 714. The summed E-state index contributed by atoms with van der Waals surface area (Å²) in [5, 5.41) is 8.63. The molecule has 0 bridgehead atoms. The SMILES string of the molecule is O=C(O)/C=C/c1cc(F)ccc1Oc1cc(F)ccc1Br. The van der Waals surface area contributed by atoms with Gasteiger partial charge >= 0.3 is 5.97 Å². The molecule has 0 saturated heterocycles. The predicted octanol–water partition coefficient (Wildman–Crippen LogP) is 4.62. The fraction of sp³-hybridized carbons (Fsp3) is 0. The van der Waals surface area contributed by atoms with Crippen LogP contribution in [0.25, 0.3) is 6.08 Å². The van der Waals surface area contributed by atoms with E-state index in [1.165, 1.54) is 30.3 Å². The molecule has 6 heteroatoms. The summed E-state index contributed by atoms with van der Waals surface area (Å²) in [6.45, 7) is 0. The lowest BCUT2D eigenvalue weighted by Crippen LogP contribution is -1.92. The van der Waals surface area contributed by atoms with Crippen LogP contribution in [0.2, 0.25) is 0 Å².